The molecule has 1 aromatic rings. The zero-order chi connectivity index (χ0) is 19.1. The molecule has 1 aliphatic heterocycles. The summed E-state index contributed by atoms with van der Waals surface area (Å²) < 4.78 is 0. The maximum Gasteiger partial charge on any atom is 0.326 e. The molecule has 0 saturated carbocycles. The third-order valence-corrected chi connectivity index (χ3v) is 4.57. The van der Waals surface area contributed by atoms with Crippen LogP contribution in [-0.2, 0) is 20.8 Å². The van der Waals surface area contributed by atoms with E-state index in [9.17, 15) is 29.7 Å². The van der Waals surface area contributed by atoms with Crippen molar-refractivity contribution in [1.82, 2.24) is 10.2 Å². The zero-order valence-corrected chi connectivity index (χ0v) is 14.4. The van der Waals surface area contributed by atoms with Gasteiger partial charge >= 0.3 is 11.9 Å². The molecule has 142 valence electrons. The molecule has 1 unspecified atom stereocenters. The van der Waals surface area contributed by atoms with Gasteiger partial charge in [0, 0.05) is 6.54 Å². The third-order valence-electron chi connectivity index (χ3n) is 4.57. The average molecular weight is 364 g/mol. The first-order valence-electron chi connectivity index (χ1n) is 8.61. The van der Waals surface area contributed by atoms with Crippen LogP contribution >= 0.6 is 0 Å². The molecule has 1 aliphatic rings. The van der Waals surface area contributed by atoms with Crippen molar-refractivity contribution in [3.8, 4) is 0 Å². The van der Waals surface area contributed by atoms with Crippen molar-refractivity contribution in [1.29, 1.82) is 0 Å². The number of aliphatic hydroxyl groups excluding tert-OH is 1. The van der Waals surface area contributed by atoms with Gasteiger partial charge in [-0.15, -0.1) is 0 Å². The molecule has 4 N–H and O–H groups in total. The molecule has 1 aromatic carbocycles. The van der Waals surface area contributed by atoms with Gasteiger partial charge in [0.1, 0.15) is 18.1 Å². The maximum atomic E-state index is 12.6. The Labute approximate surface area is 151 Å². The third kappa shape index (κ3) is 5.03. The lowest BCUT2D eigenvalue weighted by Gasteiger charge is -2.28. The summed E-state index contributed by atoms with van der Waals surface area (Å²) >= 11 is 0. The standard InChI is InChI=1S/C18H24N2O6/c21-11-14(16(22)20-10-4-7-15(20)18(25)26)19-13(17(23)24)9-8-12-5-2-1-3-6-12/h1-3,5-6,13-15,19,21H,4,7-11H2,(H,23,24)(H,25,26)/t13?,14-,15-/m0/s1. The van der Waals surface area contributed by atoms with E-state index in [1.807, 2.05) is 30.3 Å². The number of nitrogens with zero attached hydrogens (tertiary/aromatic N) is 1. The summed E-state index contributed by atoms with van der Waals surface area (Å²) in [5.74, 6) is -2.79. The van der Waals surface area contributed by atoms with Crippen molar-refractivity contribution in [2.24, 2.45) is 0 Å². The Morgan fingerprint density at radius 1 is 1.15 bits per heavy atom. The first-order chi connectivity index (χ1) is 12.4. The highest BCUT2D eigenvalue weighted by atomic mass is 16.4. The molecule has 26 heavy (non-hydrogen) atoms. The number of hydrogen-bond donors (Lipinski definition) is 4. The summed E-state index contributed by atoms with van der Waals surface area (Å²) in [7, 11) is 0. The van der Waals surface area contributed by atoms with Gasteiger partial charge in [0.05, 0.1) is 6.61 Å². The van der Waals surface area contributed by atoms with Crippen molar-refractivity contribution in [2.45, 2.75) is 43.8 Å². The summed E-state index contributed by atoms with van der Waals surface area (Å²) in [4.78, 5) is 36.5. The Hall–Kier alpha value is -2.45. The van der Waals surface area contributed by atoms with Crippen LogP contribution in [-0.4, -0.2) is 69.3 Å². The quantitative estimate of drug-likeness (QED) is 0.489. The second-order valence-electron chi connectivity index (χ2n) is 6.34. The lowest BCUT2D eigenvalue weighted by Crippen LogP contribution is -2.55. The van der Waals surface area contributed by atoms with Gasteiger partial charge in [-0.25, -0.2) is 4.79 Å². The molecule has 2 rings (SSSR count). The fourth-order valence-electron chi connectivity index (χ4n) is 3.17. The van der Waals surface area contributed by atoms with E-state index in [4.69, 9.17) is 0 Å². The Morgan fingerprint density at radius 3 is 2.42 bits per heavy atom. The molecular weight excluding hydrogens is 340 g/mol. The fraction of sp³-hybridized carbons (Fsp3) is 0.500. The van der Waals surface area contributed by atoms with Crippen molar-refractivity contribution in [3.63, 3.8) is 0 Å². The summed E-state index contributed by atoms with van der Waals surface area (Å²) in [5.41, 5.74) is 0.970. The fourth-order valence-corrected chi connectivity index (χ4v) is 3.17. The number of carboxylic acids is 2. The maximum absolute atomic E-state index is 12.6. The number of carbonyl (C=O) groups is 3. The first kappa shape index (κ1) is 19.9. The molecule has 3 atom stereocenters. The summed E-state index contributed by atoms with van der Waals surface area (Å²) in [6.45, 7) is -0.313. The Balaban J connectivity index is 2.01. The van der Waals surface area contributed by atoms with Gasteiger partial charge in [0.15, 0.2) is 0 Å². The highest BCUT2D eigenvalue weighted by molar-refractivity contribution is 5.88. The minimum absolute atomic E-state index is 0.242. The predicted molar refractivity (Wildman–Crippen MR) is 92.6 cm³/mol. The number of nitrogens with one attached hydrogen (secondary N) is 1. The Morgan fingerprint density at radius 2 is 1.85 bits per heavy atom. The number of hydrogen-bond acceptors (Lipinski definition) is 5. The number of carbonyl (C=O) groups excluding carboxylic acids is 1. The summed E-state index contributed by atoms with van der Waals surface area (Å²) in [6.07, 6.45) is 1.66. The van der Waals surface area contributed by atoms with Crippen molar-refractivity contribution >= 4 is 17.8 Å². The van der Waals surface area contributed by atoms with Crippen molar-refractivity contribution in [2.75, 3.05) is 13.2 Å². The van der Waals surface area contributed by atoms with E-state index in [1.165, 1.54) is 4.90 Å². The smallest absolute Gasteiger partial charge is 0.326 e. The molecule has 1 amide bonds. The monoisotopic (exact) mass is 364 g/mol. The molecule has 0 bridgehead atoms. The van der Waals surface area contributed by atoms with E-state index in [2.05, 4.69) is 5.32 Å². The number of aliphatic carboxylic acids is 2. The zero-order valence-electron chi connectivity index (χ0n) is 14.4. The van der Waals surface area contributed by atoms with Crippen LogP contribution in [0.25, 0.3) is 0 Å². The molecule has 0 radical (unpaired) electrons. The van der Waals surface area contributed by atoms with E-state index in [-0.39, 0.29) is 13.0 Å². The van der Waals surface area contributed by atoms with Crippen LogP contribution in [0.3, 0.4) is 0 Å². The highest BCUT2D eigenvalue weighted by Crippen LogP contribution is 2.19. The molecule has 0 aliphatic carbocycles. The minimum Gasteiger partial charge on any atom is -0.480 e. The number of carboxylic acid groups (broad SMARTS) is 2. The topological polar surface area (TPSA) is 127 Å². The molecule has 1 heterocycles. The number of aryl methyl sites for hydroxylation is 1. The van der Waals surface area contributed by atoms with Crippen LogP contribution in [0, 0.1) is 0 Å². The van der Waals surface area contributed by atoms with Gasteiger partial charge in [-0.05, 0) is 31.2 Å². The largest absolute Gasteiger partial charge is 0.480 e. The second-order valence-corrected chi connectivity index (χ2v) is 6.34. The van der Waals surface area contributed by atoms with E-state index in [0.717, 1.165) is 5.56 Å². The van der Waals surface area contributed by atoms with E-state index < -0.39 is 42.6 Å². The number of rotatable bonds is 9. The Bertz CT molecular complexity index is 636. The highest BCUT2D eigenvalue weighted by Gasteiger charge is 2.38. The van der Waals surface area contributed by atoms with Gasteiger partial charge in [0.2, 0.25) is 5.91 Å². The lowest BCUT2D eigenvalue weighted by atomic mass is 10.0. The van der Waals surface area contributed by atoms with Crippen LogP contribution < -0.4 is 5.32 Å². The van der Waals surface area contributed by atoms with E-state index >= 15 is 0 Å². The van der Waals surface area contributed by atoms with Crippen LogP contribution in [0.4, 0.5) is 0 Å². The van der Waals surface area contributed by atoms with Crippen LogP contribution in [0.1, 0.15) is 24.8 Å². The number of benzene rings is 1. The molecular formula is C18H24N2O6. The van der Waals surface area contributed by atoms with Crippen molar-refractivity contribution in [3.05, 3.63) is 35.9 Å². The van der Waals surface area contributed by atoms with Gasteiger partial charge in [-0.3, -0.25) is 14.9 Å². The average Bonchev–Trinajstić information content (AvgIpc) is 3.12. The van der Waals surface area contributed by atoms with Gasteiger partial charge in [0.25, 0.3) is 0 Å². The van der Waals surface area contributed by atoms with Crippen LogP contribution in [0.15, 0.2) is 30.3 Å². The van der Waals surface area contributed by atoms with Gasteiger partial charge in [-0.2, -0.15) is 0 Å². The van der Waals surface area contributed by atoms with Gasteiger partial charge in [-0.1, -0.05) is 30.3 Å². The van der Waals surface area contributed by atoms with Gasteiger partial charge < -0.3 is 20.2 Å². The Kier molecular flexibility index (Phi) is 7.11. The van der Waals surface area contributed by atoms with E-state index in [1.54, 1.807) is 0 Å². The minimum atomic E-state index is -1.15. The molecule has 8 heteroatoms. The molecule has 1 fully saturated rings. The second kappa shape index (κ2) is 9.30. The number of aliphatic hydroxyl groups is 1. The molecule has 0 spiro atoms. The first-order valence-corrected chi connectivity index (χ1v) is 8.61. The predicted octanol–water partition coefficient (Wildman–Crippen LogP) is 0.0985. The molecule has 1 saturated heterocycles. The number of amides is 1. The normalized spacial score (nSPS) is 19.1. The van der Waals surface area contributed by atoms with Crippen molar-refractivity contribution < 1.29 is 29.7 Å². The summed E-state index contributed by atoms with van der Waals surface area (Å²) in [6, 6.07) is 6.26. The van der Waals surface area contributed by atoms with Crippen LogP contribution in [0.5, 0.6) is 0 Å². The summed E-state index contributed by atoms with van der Waals surface area (Å²) in [5, 5.41) is 30.8. The lowest BCUT2D eigenvalue weighted by molar-refractivity contribution is -0.150. The molecule has 0 aromatic heterocycles. The SMILES string of the molecule is O=C(O)C(CCc1ccccc1)N[C@@H](CO)C(=O)N1CCC[C@H]1C(=O)O. The van der Waals surface area contributed by atoms with Crippen LogP contribution in [0.2, 0.25) is 0 Å². The number of likely N-dealkylation sites (tertiary alicyclic amines) is 1. The van der Waals surface area contributed by atoms with E-state index in [0.29, 0.717) is 19.3 Å². The molecule has 8 nitrogen and oxygen atoms in total.